The first-order valence-corrected chi connectivity index (χ1v) is 4.00. The molecular weight excluding hydrogens is 160 g/mol. The first kappa shape index (κ1) is 8.41. The highest BCUT2D eigenvalue weighted by Gasteiger charge is 1.92. The number of ether oxygens (including phenoxy) is 1. The molecule has 0 N–H and O–H groups in total. The minimum Gasteiger partial charge on any atom is -0.493 e. The smallest absolute Gasteiger partial charge is 0.128 e. The predicted octanol–water partition coefficient (Wildman–Crippen LogP) is 2.93. The highest BCUT2D eigenvalue weighted by molar-refractivity contribution is 6.30. The van der Waals surface area contributed by atoms with Gasteiger partial charge in [-0.25, -0.2) is 0 Å². The average Bonchev–Trinajstić information content (AvgIpc) is 2.01. The molecule has 0 aliphatic rings. The molecule has 59 valence electrons. The fraction of sp³-hybridized carbons (Fsp3) is 0.333. The molecule has 1 rings (SSSR count). The highest BCUT2D eigenvalue weighted by atomic mass is 35.5. The monoisotopic (exact) mass is 169 g/mol. The minimum atomic E-state index is 0.690. The maximum atomic E-state index is 5.72. The van der Waals surface area contributed by atoms with Crippen LogP contribution in [0.4, 0.5) is 0 Å². The summed E-state index contributed by atoms with van der Waals surface area (Å²) in [6.45, 7) is 2.78. The van der Waals surface area contributed by atoms with Crippen LogP contribution in [0.2, 0.25) is 5.02 Å². The standard InChI is InChI=1S/C9H10ClO/c1-2-6-11-9-5-3-4-8(10)7-9/h3-4,7H,2,6H2,1H3. The van der Waals surface area contributed by atoms with Gasteiger partial charge < -0.3 is 4.74 Å². The average molecular weight is 170 g/mol. The summed E-state index contributed by atoms with van der Waals surface area (Å²) in [7, 11) is 0. The molecule has 0 bridgehead atoms. The molecular formula is C9H10ClO. The molecule has 0 amide bonds. The zero-order valence-electron chi connectivity index (χ0n) is 6.43. The maximum Gasteiger partial charge on any atom is 0.128 e. The van der Waals surface area contributed by atoms with E-state index in [2.05, 4.69) is 13.0 Å². The van der Waals surface area contributed by atoms with E-state index in [-0.39, 0.29) is 0 Å². The molecule has 2 heteroatoms. The van der Waals surface area contributed by atoms with Crippen molar-refractivity contribution >= 4 is 11.6 Å². The van der Waals surface area contributed by atoms with Gasteiger partial charge in [0.05, 0.1) is 6.61 Å². The molecule has 0 aromatic heterocycles. The first-order valence-electron chi connectivity index (χ1n) is 3.63. The second kappa shape index (κ2) is 4.24. The zero-order chi connectivity index (χ0) is 8.10. The summed E-state index contributed by atoms with van der Waals surface area (Å²) in [5.41, 5.74) is 0. The zero-order valence-corrected chi connectivity index (χ0v) is 7.19. The first-order chi connectivity index (χ1) is 5.33. The second-order valence-electron chi connectivity index (χ2n) is 2.22. The number of hydrogen-bond acceptors (Lipinski definition) is 1. The Morgan fingerprint density at radius 3 is 3.09 bits per heavy atom. The third-order valence-electron chi connectivity index (χ3n) is 1.20. The van der Waals surface area contributed by atoms with Crippen LogP contribution in [0.5, 0.6) is 5.75 Å². The van der Waals surface area contributed by atoms with E-state index in [0.717, 1.165) is 18.8 Å². The van der Waals surface area contributed by atoms with Crippen LogP contribution >= 0.6 is 11.6 Å². The van der Waals surface area contributed by atoms with E-state index >= 15 is 0 Å². The summed E-state index contributed by atoms with van der Waals surface area (Å²) >= 11 is 5.72. The largest absolute Gasteiger partial charge is 0.493 e. The molecule has 0 aliphatic heterocycles. The van der Waals surface area contributed by atoms with Crippen LogP contribution in [0.3, 0.4) is 0 Å². The van der Waals surface area contributed by atoms with Crippen molar-refractivity contribution in [3.8, 4) is 5.75 Å². The van der Waals surface area contributed by atoms with E-state index in [9.17, 15) is 0 Å². The lowest BCUT2D eigenvalue weighted by atomic mass is 10.3. The molecule has 0 fully saturated rings. The summed E-state index contributed by atoms with van der Waals surface area (Å²) in [6.07, 6.45) is 1.00. The molecule has 0 atom stereocenters. The molecule has 0 unspecified atom stereocenters. The van der Waals surface area contributed by atoms with Crippen LogP contribution in [0.15, 0.2) is 18.2 Å². The second-order valence-corrected chi connectivity index (χ2v) is 2.66. The van der Waals surface area contributed by atoms with Gasteiger partial charge in [-0.3, -0.25) is 0 Å². The van der Waals surface area contributed by atoms with E-state index in [1.807, 2.05) is 0 Å². The van der Waals surface area contributed by atoms with Gasteiger partial charge in [0.15, 0.2) is 0 Å². The van der Waals surface area contributed by atoms with Crippen molar-refractivity contribution < 1.29 is 4.74 Å². The summed E-state index contributed by atoms with van der Waals surface area (Å²) < 4.78 is 5.30. The molecule has 1 aromatic rings. The third kappa shape index (κ3) is 2.81. The normalized spacial score (nSPS) is 9.64. The van der Waals surface area contributed by atoms with Crippen LogP contribution < -0.4 is 4.74 Å². The Balaban J connectivity index is 2.56. The van der Waals surface area contributed by atoms with Gasteiger partial charge in [-0.05, 0) is 24.6 Å². The Bertz CT molecular complexity index is 223. The fourth-order valence-corrected chi connectivity index (χ4v) is 0.876. The van der Waals surface area contributed by atoms with Gasteiger partial charge in [0.2, 0.25) is 0 Å². The van der Waals surface area contributed by atoms with Crippen LogP contribution in [0.1, 0.15) is 13.3 Å². The SMILES string of the molecule is CCCOc1[c]ccc(Cl)c1. The summed E-state index contributed by atoms with van der Waals surface area (Å²) in [4.78, 5) is 0. The summed E-state index contributed by atoms with van der Waals surface area (Å²) in [5, 5.41) is 0.690. The van der Waals surface area contributed by atoms with E-state index in [0.29, 0.717) is 5.02 Å². The van der Waals surface area contributed by atoms with Gasteiger partial charge in [-0.1, -0.05) is 18.5 Å². The lowest BCUT2D eigenvalue weighted by molar-refractivity contribution is 0.317. The third-order valence-corrected chi connectivity index (χ3v) is 1.43. The molecule has 1 radical (unpaired) electrons. The van der Waals surface area contributed by atoms with Gasteiger partial charge in [0.1, 0.15) is 5.75 Å². The van der Waals surface area contributed by atoms with Crippen LogP contribution in [-0.4, -0.2) is 6.61 Å². The van der Waals surface area contributed by atoms with Gasteiger partial charge in [0.25, 0.3) is 0 Å². The van der Waals surface area contributed by atoms with E-state index in [1.54, 1.807) is 18.2 Å². The summed E-state index contributed by atoms with van der Waals surface area (Å²) in [6, 6.07) is 8.23. The number of rotatable bonds is 3. The van der Waals surface area contributed by atoms with Crippen LogP contribution in [-0.2, 0) is 0 Å². The highest BCUT2D eigenvalue weighted by Crippen LogP contribution is 2.16. The lowest BCUT2D eigenvalue weighted by Gasteiger charge is -2.02. The molecule has 1 aromatic carbocycles. The molecule has 0 heterocycles. The van der Waals surface area contributed by atoms with Crippen molar-refractivity contribution in [1.82, 2.24) is 0 Å². The van der Waals surface area contributed by atoms with Crippen molar-refractivity contribution in [2.75, 3.05) is 6.61 Å². The topological polar surface area (TPSA) is 9.23 Å². The van der Waals surface area contributed by atoms with Gasteiger partial charge >= 0.3 is 0 Å². The Kier molecular flexibility index (Phi) is 3.24. The number of halogens is 1. The van der Waals surface area contributed by atoms with Crippen LogP contribution in [0.25, 0.3) is 0 Å². The van der Waals surface area contributed by atoms with E-state index < -0.39 is 0 Å². The molecule has 0 spiro atoms. The Labute approximate surface area is 71.9 Å². The quantitative estimate of drug-likeness (QED) is 0.676. The molecule has 0 aliphatic carbocycles. The van der Waals surface area contributed by atoms with Crippen molar-refractivity contribution in [3.05, 3.63) is 29.3 Å². The Hall–Kier alpha value is -0.690. The van der Waals surface area contributed by atoms with Crippen molar-refractivity contribution in [3.63, 3.8) is 0 Å². The predicted molar refractivity (Wildman–Crippen MR) is 46.1 cm³/mol. The van der Waals surface area contributed by atoms with E-state index in [1.165, 1.54) is 0 Å². The Morgan fingerprint density at radius 2 is 2.45 bits per heavy atom. The lowest BCUT2D eigenvalue weighted by Crippen LogP contribution is -1.94. The Morgan fingerprint density at radius 1 is 1.64 bits per heavy atom. The molecule has 0 saturated heterocycles. The summed E-state index contributed by atoms with van der Waals surface area (Å²) in [5.74, 6) is 0.722. The number of benzene rings is 1. The van der Waals surface area contributed by atoms with Gasteiger partial charge in [0, 0.05) is 11.1 Å². The maximum absolute atomic E-state index is 5.72. The van der Waals surface area contributed by atoms with Crippen molar-refractivity contribution in [1.29, 1.82) is 0 Å². The van der Waals surface area contributed by atoms with Gasteiger partial charge in [-0.2, -0.15) is 0 Å². The molecule has 0 saturated carbocycles. The molecule has 11 heavy (non-hydrogen) atoms. The van der Waals surface area contributed by atoms with Crippen LogP contribution in [0, 0.1) is 6.07 Å². The minimum absolute atomic E-state index is 0.690. The van der Waals surface area contributed by atoms with Crippen molar-refractivity contribution in [2.24, 2.45) is 0 Å². The van der Waals surface area contributed by atoms with E-state index in [4.69, 9.17) is 16.3 Å². The molecule has 1 nitrogen and oxygen atoms in total. The number of hydrogen-bond donors (Lipinski definition) is 0. The van der Waals surface area contributed by atoms with Gasteiger partial charge in [-0.15, -0.1) is 0 Å². The van der Waals surface area contributed by atoms with Crippen molar-refractivity contribution in [2.45, 2.75) is 13.3 Å². The fourth-order valence-electron chi connectivity index (χ4n) is 0.714.